The quantitative estimate of drug-likeness (QED) is 0.542. The smallest absolute Gasteiger partial charge is 0.261 e. The predicted octanol–water partition coefficient (Wildman–Crippen LogP) is 5.08. The lowest BCUT2D eigenvalue weighted by molar-refractivity contribution is -0.127. The van der Waals surface area contributed by atoms with Crippen molar-refractivity contribution in [1.82, 2.24) is 5.32 Å². The maximum Gasteiger partial charge on any atom is 0.261 e. The Kier molecular flexibility index (Phi) is 4.75. The molecule has 0 aliphatic rings. The zero-order chi connectivity index (χ0) is 18.6. The molecule has 0 radical (unpaired) electrons. The Labute approximate surface area is 158 Å². The average molecular weight is 355 g/mol. The van der Waals surface area contributed by atoms with Crippen molar-refractivity contribution in [2.24, 2.45) is 0 Å². The molecule has 3 nitrogen and oxygen atoms in total. The van der Waals surface area contributed by atoms with Gasteiger partial charge in [-0.2, -0.15) is 0 Å². The van der Waals surface area contributed by atoms with Crippen molar-refractivity contribution in [2.75, 3.05) is 0 Å². The molecule has 0 unspecified atom stereocenters. The first-order chi connectivity index (χ1) is 13.2. The summed E-state index contributed by atoms with van der Waals surface area (Å²) in [5, 5.41) is 7.44. The van der Waals surface area contributed by atoms with E-state index < -0.39 is 6.10 Å². The Balaban J connectivity index is 1.42. The summed E-state index contributed by atoms with van der Waals surface area (Å²) in [5.74, 6) is 0.595. The molecule has 0 aliphatic carbocycles. The largest absolute Gasteiger partial charge is 0.480 e. The number of hydrogen-bond donors (Lipinski definition) is 1. The molecule has 0 bridgehead atoms. The second kappa shape index (κ2) is 7.50. The highest BCUT2D eigenvalue weighted by molar-refractivity contribution is 5.89. The molecule has 0 aromatic heterocycles. The summed E-state index contributed by atoms with van der Waals surface area (Å²) in [4.78, 5) is 12.5. The number of nitrogens with one attached hydrogen (secondary N) is 1. The van der Waals surface area contributed by atoms with Crippen LogP contribution in [0.5, 0.6) is 5.75 Å². The molecule has 0 saturated heterocycles. The molecule has 1 amide bonds. The number of carbonyl (C=O) groups excluding carboxylic acids is 1. The third-order valence-corrected chi connectivity index (χ3v) is 4.70. The van der Waals surface area contributed by atoms with E-state index in [1.807, 2.05) is 60.7 Å². The number of benzene rings is 4. The third kappa shape index (κ3) is 3.77. The molecule has 0 spiro atoms. The van der Waals surface area contributed by atoms with Gasteiger partial charge >= 0.3 is 0 Å². The van der Waals surface area contributed by atoms with Crippen molar-refractivity contribution in [3.8, 4) is 5.75 Å². The normalized spacial score (nSPS) is 12.0. The molecular formula is C24H21NO2. The van der Waals surface area contributed by atoms with E-state index in [0.29, 0.717) is 6.54 Å². The van der Waals surface area contributed by atoms with Gasteiger partial charge in [-0.1, -0.05) is 72.8 Å². The Morgan fingerprint density at radius 1 is 0.852 bits per heavy atom. The second-order valence-corrected chi connectivity index (χ2v) is 6.64. The van der Waals surface area contributed by atoms with Crippen molar-refractivity contribution in [3.05, 3.63) is 90.5 Å². The van der Waals surface area contributed by atoms with Crippen LogP contribution in [0, 0.1) is 0 Å². The van der Waals surface area contributed by atoms with Gasteiger partial charge in [-0.05, 0) is 40.8 Å². The summed E-state index contributed by atoms with van der Waals surface area (Å²) >= 11 is 0. The SMILES string of the molecule is C[C@@H](Oc1cccc2ccccc12)C(=O)NCc1ccc2ccccc2c1. The number of fused-ring (bicyclic) bond motifs is 2. The first-order valence-corrected chi connectivity index (χ1v) is 9.10. The van der Waals surface area contributed by atoms with Crippen molar-refractivity contribution >= 4 is 27.5 Å². The number of carbonyl (C=O) groups is 1. The topological polar surface area (TPSA) is 38.3 Å². The molecular weight excluding hydrogens is 334 g/mol. The highest BCUT2D eigenvalue weighted by atomic mass is 16.5. The Hall–Kier alpha value is -3.33. The standard InChI is InChI=1S/C24H21NO2/c1-17(27-23-12-6-10-20-8-4-5-11-22(20)23)24(26)25-16-18-13-14-19-7-2-3-9-21(19)15-18/h2-15,17H,16H2,1H3,(H,25,26)/t17-/m1/s1. The zero-order valence-electron chi connectivity index (χ0n) is 15.2. The van der Waals surface area contributed by atoms with Crippen molar-refractivity contribution in [3.63, 3.8) is 0 Å². The molecule has 3 heteroatoms. The summed E-state index contributed by atoms with van der Waals surface area (Å²) in [7, 11) is 0. The summed E-state index contributed by atoms with van der Waals surface area (Å²) in [6, 6.07) is 28.3. The van der Waals surface area contributed by atoms with E-state index in [0.717, 1.165) is 22.1 Å². The summed E-state index contributed by atoms with van der Waals surface area (Å²) < 4.78 is 5.94. The van der Waals surface area contributed by atoms with Crippen LogP contribution in [0.2, 0.25) is 0 Å². The molecule has 27 heavy (non-hydrogen) atoms. The van der Waals surface area contributed by atoms with Crippen LogP contribution in [-0.4, -0.2) is 12.0 Å². The van der Waals surface area contributed by atoms with Crippen LogP contribution in [0.15, 0.2) is 84.9 Å². The Bertz CT molecular complexity index is 1100. The fourth-order valence-electron chi connectivity index (χ4n) is 3.22. The molecule has 4 rings (SSSR count). The molecule has 134 valence electrons. The van der Waals surface area contributed by atoms with Crippen molar-refractivity contribution < 1.29 is 9.53 Å². The van der Waals surface area contributed by atoms with E-state index in [4.69, 9.17) is 4.74 Å². The van der Waals surface area contributed by atoms with Gasteiger partial charge in [0.25, 0.3) is 5.91 Å². The number of hydrogen-bond acceptors (Lipinski definition) is 2. The van der Waals surface area contributed by atoms with Gasteiger partial charge in [-0.3, -0.25) is 4.79 Å². The van der Waals surface area contributed by atoms with Crippen LogP contribution >= 0.6 is 0 Å². The summed E-state index contributed by atoms with van der Waals surface area (Å²) in [5.41, 5.74) is 1.07. The monoisotopic (exact) mass is 355 g/mol. The summed E-state index contributed by atoms with van der Waals surface area (Å²) in [6.07, 6.45) is -0.573. The molecule has 4 aromatic carbocycles. The van der Waals surface area contributed by atoms with Crippen LogP contribution in [-0.2, 0) is 11.3 Å². The number of ether oxygens (including phenoxy) is 1. The lowest BCUT2D eigenvalue weighted by Crippen LogP contribution is -2.35. The molecule has 0 fully saturated rings. The predicted molar refractivity (Wildman–Crippen MR) is 110 cm³/mol. The van der Waals surface area contributed by atoms with Gasteiger partial charge in [0.1, 0.15) is 5.75 Å². The van der Waals surface area contributed by atoms with Crippen LogP contribution < -0.4 is 10.1 Å². The highest BCUT2D eigenvalue weighted by Gasteiger charge is 2.15. The fourth-order valence-corrected chi connectivity index (χ4v) is 3.22. The number of amides is 1. The molecule has 0 saturated carbocycles. The van der Waals surface area contributed by atoms with Crippen LogP contribution in [0.3, 0.4) is 0 Å². The first-order valence-electron chi connectivity index (χ1n) is 9.10. The third-order valence-electron chi connectivity index (χ3n) is 4.70. The lowest BCUT2D eigenvalue weighted by Gasteiger charge is -2.16. The molecule has 1 atom stereocenters. The molecule has 1 N–H and O–H groups in total. The van der Waals surface area contributed by atoms with Crippen molar-refractivity contribution in [1.29, 1.82) is 0 Å². The van der Waals surface area contributed by atoms with Gasteiger partial charge in [-0.25, -0.2) is 0 Å². The van der Waals surface area contributed by atoms with E-state index >= 15 is 0 Å². The van der Waals surface area contributed by atoms with Gasteiger partial charge in [0.2, 0.25) is 0 Å². The van der Waals surface area contributed by atoms with Gasteiger partial charge in [0.05, 0.1) is 0 Å². The van der Waals surface area contributed by atoms with Gasteiger partial charge in [0.15, 0.2) is 6.10 Å². The minimum absolute atomic E-state index is 0.129. The summed E-state index contributed by atoms with van der Waals surface area (Å²) in [6.45, 7) is 2.25. The second-order valence-electron chi connectivity index (χ2n) is 6.64. The maximum atomic E-state index is 12.5. The van der Waals surface area contributed by atoms with Crippen molar-refractivity contribution in [2.45, 2.75) is 19.6 Å². The van der Waals surface area contributed by atoms with E-state index in [-0.39, 0.29) is 5.91 Å². The fraction of sp³-hybridized carbons (Fsp3) is 0.125. The lowest BCUT2D eigenvalue weighted by atomic mass is 10.1. The average Bonchev–Trinajstić information content (AvgIpc) is 2.72. The van der Waals surface area contributed by atoms with E-state index in [2.05, 4.69) is 29.6 Å². The Morgan fingerprint density at radius 2 is 1.56 bits per heavy atom. The minimum Gasteiger partial charge on any atom is -0.480 e. The van der Waals surface area contributed by atoms with Gasteiger partial charge < -0.3 is 10.1 Å². The van der Waals surface area contributed by atoms with E-state index in [1.54, 1.807) is 6.92 Å². The minimum atomic E-state index is -0.573. The van der Waals surface area contributed by atoms with Gasteiger partial charge in [-0.15, -0.1) is 0 Å². The van der Waals surface area contributed by atoms with E-state index in [9.17, 15) is 4.79 Å². The van der Waals surface area contributed by atoms with Gasteiger partial charge in [0, 0.05) is 11.9 Å². The molecule has 4 aromatic rings. The van der Waals surface area contributed by atoms with E-state index in [1.165, 1.54) is 10.8 Å². The van der Waals surface area contributed by atoms with Crippen LogP contribution in [0.25, 0.3) is 21.5 Å². The Morgan fingerprint density at radius 3 is 2.41 bits per heavy atom. The van der Waals surface area contributed by atoms with Crippen LogP contribution in [0.4, 0.5) is 0 Å². The number of rotatable bonds is 5. The maximum absolute atomic E-state index is 12.5. The first kappa shape index (κ1) is 17.1. The molecule has 0 heterocycles. The van der Waals surface area contributed by atoms with Crippen LogP contribution in [0.1, 0.15) is 12.5 Å². The highest BCUT2D eigenvalue weighted by Crippen LogP contribution is 2.26. The molecule has 0 aliphatic heterocycles. The zero-order valence-corrected chi connectivity index (χ0v) is 15.2.